The van der Waals surface area contributed by atoms with Crippen LogP contribution in [0.15, 0.2) is 47.2 Å². The maximum Gasteiger partial charge on any atom is 0.0487 e. The molecule has 0 bridgehead atoms. The molecule has 3 heteroatoms. The predicted octanol–water partition coefficient (Wildman–Crippen LogP) is 3.21. The summed E-state index contributed by atoms with van der Waals surface area (Å²) in [5.41, 5.74) is 9.62. The van der Waals surface area contributed by atoms with Gasteiger partial charge in [0.25, 0.3) is 0 Å². The summed E-state index contributed by atoms with van der Waals surface area (Å²) in [5, 5.41) is 5.57. The number of fused-ring (bicyclic) bond motifs is 1. The van der Waals surface area contributed by atoms with Crippen LogP contribution in [-0.4, -0.2) is 4.57 Å². The quantitative estimate of drug-likeness (QED) is 0.751. The zero-order valence-electron chi connectivity index (χ0n) is 9.47. The maximum absolute atomic E-state index is 5.83. The standard InChI is InChI=1S/C14H14N2S/c15-8-13-7-12-3-1-2-4-14(12)16(13)9-11-5-6-17-10-11/h1-7,10H,8-9,15H2. The first-order valence-corrected chi connectivity index (χ1v) is 6.61. The first kappa shape index (κ1) is 10.6. The van der Waals surface area contributed by atoms with E-state index in [1.165, 1.54) is 22.2 Å². The second-order valence-corrected chi connectivity index (χ2v) is 4.90. The fourth-order valence-corrected chi connectivity index (χ4v) is 2.85. The predicted molar refractivity (Wildman–Crippen MR) is 73.3 cm³/mol. The number of para-hydroxylation sites is 1. The third kappa shape index (κ3) is 1.88. The number of benzene rings is 1. The molecule has 1 aromatic carbocycles. The van der Waals surface area contributed by atoms with Gasteiger partial charge in [-0.25, -0.2) is 0 Å². The SMILES string of the molecule is NCc1cc2ccccc2n1Cc1ccsc1. The van der Waals surface area contributed by atoms with Crippen molar-refractivity contribution in [3.8, 4) is 0 Å². The average Bonchev–Trinajstić information content (AvgIpc) is 2.98. The summed E-state index contributed by atoms with van der Waals surface area (Å²) in [4.78, 5) is 0. The van der Waals surface area contributed by atoms with Crippen LogP contribution >= 0.6 is 11.3 Å². The van der Waals surface area contributed by atoms with E-state index in [0.29, 0.717) is 6.54 Å². The van der Waals surface area contributed by atoms with E-state index in [2.05, 4.69) is 51.7 Å². The van der Waals surface area contributed by atoms with Gasteiger partial charge in [-0.1, -0.05) is 18.2 Å². The fraction of sp³-hybridized carbons (Fsp3) is 0.143. The minimum Gasteiger partial charge on any atom is -0.339 e. The van der Waals surface area contributed by atoms with Gasteiger partial charge in [-0.2, -0.15) is 11.3 Å². The van der Waals surface area contributed by atoms with Crippen LogP contribution in [0.4, 0.5) is 0 Å². The molecule has 0 aliphatic rings. The summed E-state index contributed by atoms with van der Waals surface area (Å²) < 4.78 is 2.30. The molecular weight excluding hydrogens is 228 g/mol. The van der Waals surface area contributed by atoms with E-state index in [0.717, 1.165) is 6.54 Å². The summed E-state index contributed by atoms with van der Waals surface area (Å²) in [6, 6.07) is 12.8. The second kappa shape index (κ2) is 4.35. The van der Waals surface area contributed by atoms with E-state index in [1.807, 2.05) is 0 Å². The Morgan fingerprint density at radius 3 is 2.82 bits per heavy atom. The zero-order valence-corrected chi connectivity index (χ0v) is 10.3. The van der Waals surface area contributed by atoms with Gasteiger partial charge < -0.3 is 10.3 Å². The van der Waals surface area contributed by atoms with E-state index in [1.54, 1.807) is 11.3 Å². The Balaban J connectivity index is 2.12. The molecule has 0 radical (unpaired) electrons. The number of nitrogens with two attached hydrogens (primary N) is 1. The molecule has 3 rings (SSSR count). The van der Waals surface area contributed by atoms with Crippen molar-refractivity contribution in [3.63, 3.8) is 0 Å². The van der Waals surface area contributed by atoms with Gasteiger partial charge in [0.05, 0.1) is 0 Å². The number of thiophene rings is 1. The molecular formula is C14H14N2S. The van der Waals surface area contributed by atoms with Gasteiger partial charge in [0.15, 0.2) is 0 Å². The van der Waals surface area contributed by atoms with Crippen molar-refractivity contribution >= 4 is 22.2 Å². The molecule has 2 aromatic heterocycles. The fourth-order valence-electron chi connectivity index (χ4n) is 2.19. The Morgan fingerprint density at radius 2 is 2.06 bits per heavy atom. The van der Waals surface area contributed by atoms with Gasteiger partial charge in [-0.05, 0) is 39.9 Å². The summed E-state index contributed by atoms with van der Waals surface area (Å²) >= 11 is 1.74. The lowest BCUT2D eigenvalue weighted by Gasteiger charge is -2.08. The van der Waals surface area contributed by atoms with Crippen molar-refractivity contribution in [2.24, 2.45) is 5.73 Å². The molecule has 0 spiro atoms. The number of aromatic nitrogens is 1. The van der Waals surface area contributed by atoms with Gasteiger partial charge in [-0.15, -0.1) is 0 Å². The molecule has 0 aliphatic heterocycles. The highest BCUT2D eigenvalue weighted by Crippen LogP contribution is 2.21. The van der Waals surface area contributed by atoms with Crippen LogP contribution < -0.4 is 5.73 Å². The van der Waals surface area contributed by atoms with Crippen LogP contribution in [-0.2, 0) is 13.1 Å². The van der Waals surface area contributed by atoms with Crippen molar-refractivity contribution in [2.45, 2.75) is 13.1 Å². The summed E-state index contributed by atoms with van der Waals surface area (Å²) in [5.74, 6) is 0. The lowest BCUT2D eigenvalue weighted by atomic mass is 10.2. The molecule has 86 valence electrons. The van der Waals surface area contributed by atoms with Crippen molar-refractivity contribution < 1.29 is 0 Å². The van der Waals surface area contributed by atoms with E-state index < -0.39 is 0 Å². The van der Waals surface area contributed by atoms with Gasteiger partial charge in [0, 0.05) is 24.3 Å². The van der Waals surface area contributed by atoms with Gasteiger partial charge >= 0.3 is 0 Å². The second-order valence-electron chi connectivity index (χ2n) is 4.12. The third-order valence-corrected chi connectivity index (χ3v) is 3.76. The first-order valence-electron chi connectivity index (χ1n) is 5.67. The van der Waals surface area contributed by atoms with Crippen molar-refractivity contribution in [1.82, 2.24) is 4.57 Å². The lowest BCUT2D eigenvalue weighted by Crippen LogP contribution is -2.07. The highest BCUT2D eigenvalue weighted by atomic mass is 32.1. The molecule has 0 atom stereocenters. The van der Waals surface area contributed by atoms with E-state index in [9.17, 15) is 0 Å². The van der Waals surface area contributed by atoms with Crippen LogP contribution in [0.3, 0.4) is 0 Å². The molecule has 2 nitrogen and oxygen atoms in total. The Bertz CT molecular complexity index is 623. The van der Waals surface area contributed by atoms with Crippen LogP contribution in [0.5, 0.6) is 0 Å². The third-order valence-electron chi connectivity index (χ3n) is 3.03. The number of hydrogen-bond donors (Lipinski definition) is 1. The smallest absolute Gasteiger partial charge is 0.0487 e. The molecule has 2 N–H and O–H groups in total. The first-order chi connectivity index (χ1) is 8.38. The topological polar surface area (TPSA) is 30.9 Å². The molecule has 0 fully saturated rings. The molecule has 0 aliphatic carbocycles. The zero-order chi connectivity index (χ0) is 11.7. The largest absolute Gasteiger partial charge is 0.339 e. The van der Waals surface area contributed by atoms with Gasteiger partial charge in [0.2, 0.25) is 0 Å². The monoisotopic (exact) mass is 242 g/mol. The molecule has 0 saturated heterocycles. The minimum atomic E-state index is 0.582. The minimum absolute atomic E-state index is 0.582. The highest BCUT2D eigenvalue weighted by molar-refractivity contribution is 7.07. The van der Waals surface area contributed by atoms with Crippen LogP contribution in [0.25, 0.3) is 10.9 Å². The molecule has 3 aromatic rings. The average molecular weight is 242 g/mol. The van der Waals surface area contributed by atoms with Gasteiger partial charge in [0.1, 0.15) is 0 Å². The highest BCUT2D eigenvalue weighted by Gasteiger charge is 2.07. The van der Waals surface area contributed by atoms with Crippen molar-refractivity contribution in [2.75, 3.05) is 0 Å². The van der Waals surface area contributed by atoms with E-state index >= 15 is 0 Å². The number of rotatable bonds is 3. The number of hydrogen-bond acceptors (Lipinski definition) is 2. The molecule has 2 heterocycles. The molecule has 0 unspecified atom stereocenters. The molecule has 0 amide bonds. The maximum atomic E-state index is 5.83. The Kier molecular flexibility index (Phi) is 2.71. The Hall–Kier alpha value is -1.58. The molecule has 0 saturated carbocycles. The number of nitrogens with zero attached hydrogens (tertiary/aromatic N) is 1. The normalized spacial score (nSPS) is 11.1. The van der Waals surface area contributed by atoms with E-state index in [4.69, 9.17) is 5.73 Å². The molecule has 17 heavy (non-hydrogen) atoms. The van der Waals surface area contributed by atoms with Gasteiger partial charge in [-0.3, -0.25) is 0 Å². The van der Waals surface area contributed by atoms with Crippen LogP contribution in [0.1, 0.15) is 11.3 Å². The van der Waals surface area contributed by atoms with E-state index in [-0.39, 0.29) is 0 Å². The Labute approximate surface area is 104 Å². The van der Waals surface area contributed by atoms with Crippen LogP contribution in [0, 0.1) is 0 Å². The lowest BCUT2D eigenvalue weighted by molar-refractivity contribution is 0.770. The van der Waals surface area contributed by atoms with Crippen molar-refractivity contribution in [3.05, 3.63) is 58.4 Å². The summed E-state index contributed by atoms with van der Waals surface area (Å²) in [7, 11) is 0. The van der Waals surface area contributed by atoms with Crippen LogP contribution in [0.2, 0.25) is 0 Å². The summed E-state index contributed by atoms with van der Waals surface area (Å²) in [6.45, 7) is 1.49. The summed E-state index contributed by atoms with van der Waals surface area (Å²) in [6.07, 6.45) is 0. The van der Waals surface area contributed by atoms with Crippen molar-refractivity contribution in [1.29, 1.82) is 0 Å². The Morgan fingerprint density at radius 1 is 1.18 bits per heavy atom.